The van der Waals surface area contributed by atoms with Gasteiger partial charge in [-0.2, -0.15) is 0 Å². The standard InChI is InChI=1S/C14H11ClFNOS/c1-8-6-10(3-4-11(8)15)18-13-5-2-9(14(17)19)7-12(13)16/h2-7H,1H3,(H2,17,19). The van der Waals surface area contributed by atoms with Gasteiger partial charge in [0.25, 0.3) is 0 Å². The van der Waals surface area contributed by atoms with Crippen molar-refractivity contribution in [1.82, 2.24) is 0 Å². The van der Waals surface area contributed by atoms with Crippen LogP contribution in [0.1, 0.15) is 11.1 Å². The molecule has 2 rings (SSSR count). The van der Waals surface area contributed by atoms with Crippen LogP contribution in [0.3, 0.4) is 0 Å². The van der Waals surface area contributed by atoms with E-state index in [2.05, 4.69) is 0 Å². The van der Waals surface area contributed by atoms with Gasteiger partial charge in [0.1, 0.15) is 10.7 Å². The molecule has 0 fully saturated rings. The molecule has 0 bridgehead atoms. The molecule has 98 valence electrons. The number of hydrogen-bond acceptors (Lipinski definition) is 2. The van der Waals surface area contributed by atoms with Gasteiger partial charge in [-0.05, 0) is 48.9 Å². The van der Waals surface area contributed by atoms with E-state index in [0.717, 1.165) is 5.56 Å². The number of ether oxygens (including phenoxy) is 1. The lowest BCUT2D eigenvalue weighted by molar-refractivity contribution is 0.442. The average Bonchev–Trinajstić information content (AvgIpc) is 2.36. The molecule has 2 aromatic rings. The smallest absolute Gasteiger partial charge is 0.166 e. The van der Waals surface area contributed by atoms with Crippen LogP contribution in [-0.2, 0) is 0 Å². The fourth-order valence-electron chi connectivity index (χ4n) is 1.54. The third-order valence-electron chi connectivity index (χ3n) is 2.57. The lowest BCUT2D eigenvalue weighted by atomic mass is 10.2. The normalized spacial score (nSPS) is 10.3. The Kier molecular flexibility index (Phi) is 4.02. The second-order valence-electron chi connectivity index (χ2n) is 4.02. The van der Waals surface area contributed by atoms with Gasteiger partial charge in [0.2, 0.25) is 0 Å². The van der Waals surface area contributed by atoms with E-state index in [9.17, 15) is 4.39 Å². The van der Waals surface area contributed by atoms with Crippen molar-refractivity contribution in [2.24, 2.45) is 5.73 Å². The van der Waals surface area contributed by atoms with Crippen molar-refractivity contribution in [3.05, 3.63) is 58.4 Å². The summed E-state index contributed by atoms with van der Waals surface area (Å²) in [5.74, 6) is 0.114. The van der Waals surface area contributed by atoms with Gasteiger partial charge in [-0.3, -0.25) is 0 Å². The molecular weight excluding hydrogens is 285 g/mol. The van der Waals surface area contributed by atoms with Crippen molar-refractivity contribution in [2.75, 3.05) is 0 Å². The molecular formula is C14H11ClFNOS. The van der Waals surface area contributed by atoms with Crippen LogP contribution < -0.4 is 10.5 Å². The Morgan fingerprint density at radius 1 is 1.26 bits per heavy atom. The first-order chi connectivity index (χ1) is 8.97. The van der Waals surface area contributed by atoms with E-state index in [0.29, 0.717) is 16.3 Å². The fourth-order valence-corrected chi connectivity index (χ4v) is 1.79. The predicted octanol–water partition coefficient (Wildman–Crippen LogP) is 4.21. The van der Waals surface area contributed by atoms with Gasteiger partial charge in [-0.25, -0.2) is 4.39 Å². The van der Waals surface area contributed by atoms with Crippen LogP contribution >= 0.6 is 23.8 Å². The highest BCUT2D eigenvalue weighted by atomic mass is 35.5. The number of rotatable bonds is 3. The van der Waals surface area contributed by atoms with Crippen LogP contribution in [0, 0.1) is 12.7 Å². The molecule has 19 heavy (non-hydrogen) atoms. The second kappa shape index (κ2) is 5.55. The Balaban J connectivity index is 2.28. The quantitative estimate of drug-likeness (QED) is 0.861. The van der Waals surface area contributed by atoms with Gasteiger partial charge >= 0.3 is 0 Å². The third-order valence-corrected chi connectivity index (χ3v) is 3.23. The summed E-state index contributed by atoms with van der Waals surface area (Å²) in [6.07, 6.45) is 0. The maximum absolute atomic E-state index is 13.8. The zero-order chi connectivity index (χ0) is 14.0. The minimum atomic E-state index is -0.516. The molecule has 2 N–H and O–H groups in total. The maximum Gasteiger partial charge on any atom is 0.166 e. The van der Waals surface area contributed by atoms with E-state index >= 15 is 0 Å². The Morgan fingerprint density at radius 3 is 2.58 bits per heavy atom. The van der Waals surface area contributed by atoms with Gasteiger partial charge in [-0.15, -0.1) is 0 Å². The highest BCUT2D eigenvalue weighted by Crippen LogP contribution is 2.28. The van der Waals surface area contributed by atoms with Crippen LogP contribution in [0.5, 0.6) is 11.5 Å². The van der Waals surface area contributed by atoms with Crippen LogP contribution in [0.4, 0.5) is 4.39 Å². The Bertz CT molecular complexity index is 645. The summed E-state index contributed by atoms with van der Waals surface area (Å²) in [4.78, 5) is 0.146. The number of benzene rings is 2. The monoisotopic (exact) mass is 295 g/mol. The van der Waals surface area contributed by atoms with Crippen molar-refractivity contribution in [1.29, 1.82) is 0 Å². The Labute approximate surface area is 120 Å². The third kappa shape index (κ3) is 3.22. The van der Waals surface area contributed by atoms with Crippen LogP contribution in [0.25, 0.3) is 0 Å². The molecule has 0 aliphatic heterocycles. The Hall–Kier alpha value is -1.65. The molecule has 0 heterocycles. The van der Waals surface area contributed by atoms with E-state index in [1.54, 1.807) is 24.3 Å². The summed E-state index contributed by atoms with van der Waals surface area (Å²) in [7, 11) is 0. The summed E-state index contributed by atoms with van der Waals surface area (Å²) in [5, 5.41) is 0.636. The van der Waals surface area contributed by atoms with E-state index in [1.165, 1.54) is 12.1 Å². The number of aryl methyl sites for hydroxylation is 1. The lowest BCUT2D eigenvalue weighted by Gasteiger charge is -2.09. The predicted molar refractivity (Wildman–Crippen MR) is 78.6 cm³/mol. The van der Waals surface area contributed by atoms with Gasteiger partial charge in [0, 0.05) is 10.6 Å². The van der Waals surface area contributed by atoms with Gasteiger partial charge < -0.3 is 10.5 Å². The zero-order valence-electron chi connectivity index (χ0n) is 10.1. The number of halogens is 2. The Morgan fingerprint density at radius 2 is 2.00 bits per heavy atom. The van der Waals surface area contributed by atoms with Crippen LogP contribution in [-0.4, -0.2) is 4.99 Å². The van der Waals surface area contributed by atoms with E-state index in [1.807, 2.05) is 6.92 Å². The largest absolute Gasteiger partial charge is 0.454 e. The summed E-state index contributed by atoms with van der Waals surface area (Å²) in [5.41, 5.74) is 6.76. The molecule has 0 unspecified atom stereocenters. The van der Waals surface area contributed by atoms with Crippen molar-refractivity contribution in [2.45, 2.75) is 6.92 Å². The van der Waals surface area contributed by atoms with Crippen LogP contribution in [0.2, 0.25) is 5.02 Å². The topological polar surface area (TPSA) is 35.2 Å². The molecule has 0 atom stereocenters. The SMILES string of the molecule is Cc1cc(Oc2ccc(C(N)=S)cc2F)ccc1Cl. The lowest BCUT2D eigenvalue weighted by Crippen LogP contribution is -2.09. The summed E-state index contributed by atoms with van der Waals surface area (Å²) >= 11 is 10.7. The molecule has 0 aliphatic rings. The molecule has 0 spiro atoms. The van der Waals surface area contributed by atoms with E-state index in [4.69, 9.17) is 34.3 Å². The first kappa shape index (κ1) is 13.8. The van der Waals surface area contributed by atoms with Crippen molar-refractivity contribution < 1.29 is 9.13 Å². The summed E-state index contributed by atoms with van der Waals surface area (Å²) in [6.45, 7) is 1.85. The number of hydrogen-bond donors (Lipinski definition) is 1. The number of nitrogens with two attached hydrogens (primary N) is 1. The van der Waals surface area contributed by atoms with Gasteiger partial charge in [-0.1, -0.05) is 23.8 Å². The van der Waals surface area contributed by atoms with Crippen LogP contribution in [0.15, 0.2) is 36.4 Å². The average molecular weight is 296 g/mol. The molecule has 0 radical (unpaired) electrons. The van der Waals surface area contributed by atoms with Crippen molar-refractivity contribution in [3.63, 3.8) is 0 Å². The van der Waals surface area contributed by atoms with E-state index < -0.39 is 5.82 Å². The summed E-state index contributed by atoms with van der Waals surface area (Å²) in [6, 6.07) is 9.48. The molecule has 0 aliphatic carbocycles. The zero-order valence-corrected chi connectivity index (χ0v) is 11.7. The molecule has 0 saturated carbocycles. The molecule has 0 saturated heterocycles. The first-order valence-electron chi connectivity index (χ1n) is 5.51. The van der Waals surface area contributed by atoms with Gasteiger partial charge in [0.15, 0.2) is 11.6 Å². The summed E-state index contributed by atoms with van der Waals surface area (Å²) < 4.78 is 19.3. The first-order valence-corrected chi connectivity index (χ1v) is 6.29. The molecule has 0 aromatic heterocycles. The van der Waals surface area contributed by atoms with Crippen molar-refractivity contribution >= 4 is 28.8 Å². The maximum atomic E-state index is 13.8. The second-order valence-corrected chi connectivity index (χ2v) is 4.87. The minimum absolute atomic E-state index is 0.113. The highest BCUT2D eigenvalue weighted by molar-refractivity contribution is 7.80. The highest BCUT2D eigenvalue weighted by Gasteiger charge is 2.08. The van der Waals surface area contributed by atoms with Crippen molar-refractivity contribution in [3.8, 4) is 11.5 Å². The molecule has 2 aromatic carbocycles. The van der Waals surface area contributed by atoms with Gasteiger partial charge in [0.05, 0.1) is 0 Å². The number of thiocarbonyl (C=S) groups is 1. The minimum Gasteiger partial charge on any atom is -0.454 e. The molecule has 5 heteroatoms. The molecule has 0 amide bonds. The van der Waals surface area contributed by atoms with E-state index in [-0.39, 0.29) is 10.7 Å². The molecule has 2 nitrogen and oxygen atoms in total. The fraction of sp³-hybridized carbons (Fsp3) is 0.0714.